The minimum atomic E-state index is -0.524. The van der Waals surface area contributed by atoms with Crippen LogP contribution in [0.5, 0.6) is 0 Å². The highest BCUT2D eigenvalue weighted by Gasteiger charge is 2.27. The van der Waals surface area contributed by atoms with E-state index in [4.69, 9.17) is 9.62 Å². The summed E-state index contributed by atoms with van der Waals surface area (Å²) in [6, 6.07) is 13.9. The van der Waals surface area contributed by atoms with Crippen molar-refractivity contribution in [2.75, 3.05) is 6.54 Å². The van der Waals surface area contributed by atoms with E-state index in [1.54, 1.807) is 22.5 Å². The number of aryl methyl sites for hydroxylation is 1. The Hall–Kier alpha value is -3.36. The van der Waals surface area contributed by atoms with Crippen molar-refractivity contribution < 1.29 is 19.2 Å². The van der Waals surface area contributed by atoms with Crippen LogP contribution in [0.4, 0.5) is 0 Å². The zero-order valence-corrected chi connectivity index (χ0v) is 20.5. The molecule has 0 atom stereocenters. The summed E-state index contributed by atoms with van der Waals surface area (Å²) in [7, 11) is 1.88. The van der Waals surface area contributed by atoms with Gasteiger partial charge in [0.05, 0.1) is 10.4 Å². The molecule has 0 radical (unpaired) electrons. The van der Waals surface area contributed by atoms with Gasteiger partial charge in [-0.3, -0.25) is 14.8 Å². The molecule has 4 aromatic rings. The number of nitrogens with zero attached hydrogens (tertiary/aromatic N) is 2. The number of hydrogen-bond donors (Lipinski definition) is 2. The predicted octanol–water partition coefficient (Wildman–Crippen LogP) is 5.11. The number of furan rings is 1. The molecule has 2 N–H and O–H groups in total. The third-order valence-corrected chi connectivity index (χ3v) is 7.70. The highest BCUT2D eigenvalue weighted by Crippen LogP contribution is 2.33. The summed E-state index contributed by atoms with van der Waals surface area (Å²) < 4.78 is 8.00. The van der Waals surface area contributed by atoms with Gasteiger partial charge >= 0.3 is 0 Å². The van der Waals surface area contributed by atoms with Crippen molar-refractivity contribution in [3.8, 4) is 11.3 Å². The van der Waals surface area contributed by atoms with E-state index in [-0.39, 0.29) is 11.3 Å². The summed E-state index contributed by atoms with van der Waals surface area (Å²) >= 11 is 1.36. The highest BCUT2D eigenvalue weighted by atomic mass is 32.1. The lowest BCUT2D eigenvalue weighted by atomic mass is 9.86. The monoisotopic (exact) mass is 477 g/mol. The van der Waals surface area contributed by atoms with Gasteiger partial charge in [-0.2, -0.15) is 0 Å². The van der Waals surface area contributed by atoms with Gasteiger partial charge in [0, 0.05) is 42.7 Å². The van der Waals surface area contributed by atoms with E-state index in [9.17, 15) is 9.59 Å². The number of benzene rings is 1. The Morgan fingerprint density at radius 2 is 1.85 bits per heavy atom. The molecule has 1 aliphatic heterocycles. The van der Waals surface area contributed by atoms with Crippen LogP contribution in [-0.4, -0.2) is 33.0 Å². The van der Waals surface area contributed by atoms with Crippen LogP contribution in [0.25, 0.3) is 22.4 Å². The van der Waals surface area contributed by atoms with Crippen molar-refractivity contribution in [2.45, 2.75) is 39.2 Å². The third kappa shape index (κ3) is 3.82. The maximum absolute atomic E-state index is 13.3. The number of nitrogens with one attached hydrogen (secondary N) is 1. The van der Waals surface area contributed by atoms with E-state index >= 15 is 0 Å². The first-order valence-corrected chi connectivity index (χ1v) is 12.0. The minimum absolute atomic E-state index is 0.0741. The summed E-state index contributed by atoms with van der Waals surface area (Å²) in [4.78, 5) is 28.4. The average molecular weight is 478 g/mol. The molecule has 7 nitrogen and oxygen atoms in total. The normalized spacial score (nSPS) is 13.9. The molecule has 5 rings (SSSR count). The molecule has 0 unspecified atom stereocenters. The fraction of sp³-hybridized carbons (Fsp3) is 0.308. The molecule has 0 aliphatic carbocycles. The number of thiophene rings is 1. The Morgan fingerprint density at radius 1 is 1.12 bits per heavy atom. The number of fused-ring (bicyclic) bond motifs is 2. The number of carbonyl (C=O) groups excluding carboxylic acids is 2. The summed E-state index contributed by atoms with van der Waals surface area (Å²) in [5.74, 6) is 0.176. The van der Waals surface area contributed by atoms with E-state index < -0.39 is 5.91 Å². The van der Waals surface area contributed by atoms with E-state index in [1.165, 1.54) is 16.9 Å². The molecule has 0 saturated heterocycles. The fourth-order valence-electron chi connectivity index (χ4n) is 4.43. The standard InChI is InChI=1S/C26H27N3O4S/c1-26(2,3)17-7-5-15(6-8-17)20-12-18-21(33-20)13-19(28(18)4)25(31)29-10-9-22-16(14-29)11-23(34-22)24(30)27-32/h5-8,11-13,32H,9-10,14H2,1-4H3,(H,27,30). The van der Waals surface area contributed by atoms with Crippen LogP contribution in [-0.2, 0) is 25.4 Å². The molecule has 176 valence electrons. The largest absolute Gasteiger partial charge is 0.454 e. The number of aromatic nitrogens is 1. The molecular weight excluding hydrogens is 450 g/mol. The van der Waals surface area contributed by atoms with Crippen LogP contribution in [0.1, 0.15) is 56.9 Å². The molecule has 0 fully saturated rings. The number of rotatable bonds is 3. The highest BCUT2D eigenvalue weighted by molar-refractivity contribution is 7.14. The Bertz CT molecular complexity index is 1400. The van der Waals surface area contributed by atoms with Gasteiger partial charge in [0.25, 0.3) is 11.8 Å². The predicted molar refractivity (Wildman–Crippen MR) is 131 cm³/mol. The first kappa shape index (κ1) is 22.4. The second-order valence-electron chi connectivity index (χ2n) is 9.75. The lowest BCUT2D eigenvalue weighted by Gasteiger charge is -2.27. The van der Waals surface area contributed by atoms with Crippen LogP contribution in [0.2, 0.25) is 0 Å². The number of hydrogen-bond acceptors (Lipinski definition) is 5. The quantitative estimate of drug-likeness (QED) is 0.317. The lowest BCUT2D eigenvalue weighted by molar-refractivity contribution is 0.0710. The number of carbonyl (C=O) groups is 2. The molecule has 34 heavy (non-hydrogen) atoms. The van der Waals surface area contributed by atoms with Crippen LogP contribution >= 0.6 is 11.3 Å². The zero-order chi connectivity index (χ0) is 24.2. The summed E-state index contributed by atoms with van der Waals surface area (Å²) in [5, 5.41) is 8.88. The minimum Gasteiger partial charge on any atom is -0.454 e. The van der Waals surface area contributed by atoms with Gasteiger partial charge < -0.3 is 13.9 Å². The van der Waals surface area contributed by atoms with Crippen molar-refractivity contribution in [3.05, 3.63) is 69.0 Å². The first-order valence-electron chi connectivity index (χ1n) is 11.2. The third-order valence-electron chi connectivity index (χ3n) is 6.46. The second kappa shape index (κ2) is 8.14. The van der Waals surface area contributed by atoms with Crippen LogP contribution in [0, 0.1) is 0 Å². The topological polar surface area (TPSA) is 87.7 Å². The van der Waals surface area contributed by atoms with Crippen LogP contribution < -0.4 is 5.48 Å². The van der Waals surface area contributed by atoms with Crippen LogP contribution in [0.3, 0.4) is 0 Å². The number of hydroxylamine groups is 1. The molecule has 4 heterocycles. The van der Waals surface area contributed by atoms with Gasteiger partial charge in [-0.15, -0.1) is 11.3 Å². The molecule has 0 bridgehead atoms. The zero-order valence-electron chi connectivity index (χ0n) is 19.6. The summed E-state index contributed by atoms with van der Waals surface area (Å²) in [6.45, 7) is 7.57. The first-order chi connectivity index (χ1) is 16.2. The molecule has 8 heteroatoms. The fourth-order valence-corrected chi connectivity index (χ4v) is 5.48. The van der Waals surface area contributed by atoms with E-state index in [1.807, 2.05) is 17.7 Å². The van der Waals surface area contributed by atoms with Crippen LogP contribution in [0.15, 0.2) is 46.9 Å². The molecule has 3 aromatic heterocycles. The molecule has 1 aliphatic rings. The molecule has 0 spiro atoms. The summed E-state index contributed by atoms with van der Waals surface area (Å²) in [6.07, 6.45) is 0.680. The smallest absolute Gasteiger partial charge is 0.284 e. The van der Waals surface area contributed by atoms with E-state index in [0.29, 0.717) is 35.7 Å². The SMILES string of the molecule is Cn1c(C(=O)N2CCc3sc(C(=O)NO)cc3C2)cc2oc(-c3ccc(C(C)(C)C)cc3)cc21. The maximum atomic E-state index is 13.3. The number of amides is 2. The van der Waals surface area contributed by atoms with E-state index in [2.05, 4.69) is 45.0 Å². The Balaban J connectivity index is 1.38. The maximum Gasteiger partial charge on any atom is 0.284 e. The Morgan fingerprint density at radius 3 is 2.50 bits per heavy atom. The lowest BCUT2D eigenvalue weighted by Crippen LogP contribution is -2.36. The average Bonchev–Trinajstić information content (AvgIpc) is 3.51. The van der Waals surface area contributed by atoms with Crippen molar-refractivity contribution in [1.29, 1.82) is 0 Å². The van der Waals surface area contributed by atoms with E-state index in [0.717, 1.165) is 27.3 Å². The molecular formula is C26H27N3O4S. The molecule has 1 aromatic carbocycles. The van der Waals surface area contributed by atoms with Crippen molar-refractivity contribution in [3.63, 3.8) is 0 Å². The van der Waals surface area contributed by atoms with Crippen molar-refractivity contribution in [2.24, 2.45) is 7.05 Å². The van der Waals surface area contributed by atoms with Gasteiger partial charge in [0.1, 0.15) is 11.5 Å². The van der Waals surface area contributed by atoms with Gasteiger partial charge in [-0.05, 0) is 29.0 Å². The Kier molecular flexibility index (Phi) is 5.37. The van der Waals surface area contributed by atoms with Gasteiger partial charge in [0.15, 0.2) is 5.58 Å². The van der Waals surface area contributed by atoms with Gasteiger partial charge in [-0.25, -0.2) is 5.48 Å². The van der Waals surface area contributed by atoms with Crippen molar-refractivity contribution in [1.82, 2.24) is 14.9 Å². The molecule has 0 saturated carbocycles. The van der Waals surface area contributed by atoms with Gasteiger partial charge in [0.2, 0.25) is 0 Å². The molecule has 2 amide bonds. The Labute approximate surface area is 201 Å². The van der Waals surface area contributed by atoms with Gasteiger partial charge in [-0.1, -0.05) is 45.0 Å². The second-order valence-corrected chi connectivity index (χ2v) is 10.9. The van der Waals surface area contributed by atoms with Crippen molar-refractivity contribution >= 4 is 34.3 Å². The summed E-state index contributed by atoms with van der Waals surface area (Å²) in [5.41, 5.74) is 7.08.